The summed E-state index contributed by atoms with van der Waals surface area (Å²) < 4.78 is 59.6. The minimum Gasteiger partial charge on any atom is -0.474 e. The number of carboxylic acid groups (broad SMARTS) is 1. The number of alkyl halides is 2. The molecule has 2 bridgehead atoms. The second-order valence-electron chi connectivity index (χ2n) is 6.83. The molecule has 3 fully saturated rings. The topological polar surface area (TPSA) is 107 Å². The second kappa shape index (κ2) is 5.46. The Morgan fingerprint density at radius 3 is 2.46 bits per heavy atom. The number of benzene rings is 1. The van der Waals surface area contributed by atoms with Crippen LogP contribution < -0.4 is 4.74 Å². The van der Waals surface area contributed by atoms with Gasteiger partial charge in [-0.25, -0.2) is 4.79 Å². The van der Waals surface area contributed by atoms with Crippen molar-refractivity contribution in [2.75, 3.05) is 0 Å². The van der Waals surface area contributed by atoms with Crippen molar-refractivity contribution in [3.63, 3.8) is 0 Å². The average Bonchev–Trinajstić information content (AvgIpc) is 3.15. The molecule has 2 aliphatic carbocycles. The molecule has 1 aromatic rings. The Morgan fingerprint density at radius 1 is 1.19 bits per heavy atom. The first kappa shape index (κ1) is 17.3. The number of rotatable bonds is 5. The molecule has 26 heavy (non-hydrogen) atoms. The first-order valence-electron chi connectivity index (χ1n) is 7.97. The zero-order chi connectivity index (χ0) is 18.9. The number of hydrogen-bond donors (Lipinski definition) is 1. The maximum atomic E-state index is 13.1. The highest BCUT2D eigenvalue weighted by Crippen LogP contribution is 2.58. The van der Waals surface area contributed by atoms with Gasteiger partial charge in [-0.15, -0.1) is 0 Å². The molecular formula is C16H14F2O7S. The van der Waals surface area contributed by atoms with Gasteiger partial charge in [0.15, 0.2) is 5.78 Å². The third-order valence-electron chi connectivity index (χ3n) is 5.40. The predicted molar refractivity (Wildman–Crippen MR) is 81.3 cm³/mol. The summed E-state index contributed by atoms with van der Waals surface area (Å²) in [5.74, 6) is -4.19. The quantitative estimate of drug-likeness (QED) is 0.604. The Balaban J connectivity index is 1.55. The van der Waals surface area contributed by atoms with E-state index in [9.17, 15) is 26.8 Å². The zero-order valence-corrected chi connectivity index (χ0v) is 14.0. The lowest BCUT2D eigenvalue weighted by molar-refractivity contribution is -0.210. The van der Waals surface area contributed by atoms with Crippen LogP contribution in [0.15, 0.2) is 24.3 Å². The monoisotopic (exact) mass is 388 g/mol. The largest absolute Gasteiger partial charge is 0.501 e. The first-order valence-corrected chi connectivity index (χ1v) is 9.44. The molecule has 4 rings (SSSR count). The summed E-state index contributed by atoms with van der Waals surface area (Å²) >= 11 is 0. The van der Waals surface area contributed by atoms with Crippen molar-refractivity contribution in [2.45, 2.75) is 30.3 Å². The van der Waals surface area contributed by atoms with Crippen LogP contribution >= 0.6 is 0 Å². The van der Waals surface area contributed by atoms with Gasteiger partial charge in [0.25, 0.3) is 10.1 Å². The minimum absolute atomic E-state index is 0.0768. The molecule has 1 N–H and O–H groups in total. The van der Waals surface area contributed by atoms with E-state index in [-0.39, 0.29) is 29.3 Å². The number of ether oxygens (including phenoxy) is 1. The lowest BCUT2D eigenvalue weighted by Crippen LogP contribution is -2.36. The van der Waals surface area contributed by atoms with Crippen molar-refractivity contribution < 1.29 is 40.8 Å². The molecule has 10 heteroatoms. The van der Waals surface area contributed by atoms with E-state index in [1.54, 1.807) is 0 Å². The predicted octanol–water partition coefficient (Wildman–Crippen LogP) is 1.68. The maximum Gasteiger partial charge on any atom is 0.501 e. The van der Waals surface area contributed by atoms with Crippen LogP contribution in [0, 0.1) is 17.8 Å². The van der Waals surface area contributed by atoms with Gasteiger partial charge in [-0.05, 0) is 43.0 Å². The van der Waals surface area contributed by atoms with E-state index < -0.39 is 39.1 Å². The number of carbonyl (C=O) groups excluding carboxylic acids is 1. The SMILES string of the molecule is O=C(c1ccc(OC(F)(F)C(=O)O)cc1)C1C2CC3OS(=O)(=O)C1C3C2. The number of halogens is 2. The third kappa shape index (κ3) is 2.50. The van der Waals surface area contributed by atoms with Crippen LogP contribution in [0.5, 0.6) is 5.75 Å². The van der Waals surface area contributed by atoms with Crippen LogP contribution in [0.2, 0.25) is 0 Å². The molecule has 1 aromatic carbocycles. The average molecular weight is 388 g/mol. The lowest BCUT2D eigenvalue weighted by atomic mass is 9.82. The fourth-order valence-corrected chi connectivity index (χ4v) is 6.53. The standard InChI is InChI=1S/C16H14F2O7S/c17-16(18,15(20)21)24-9-3-1-7(2-4-9)13(19)12-8-5-10-11(6-8)25-26(22,23)14(10)12/h1-4,8,10-12,14H,5-6H2,(H,20,21). The number of aliphatic carboxylic acids is 1. The molecular weight excluding hydrogens is 374 g/mol. The molecule has 1 aliphatic heterocycles. The van der Waals surface area contributed by atoms with Gasteiger partial charge in [-0.1, -0.05) is 0 Å². The number of Topliss-reactive ketones (excluding diaryl/α,β-unsaturated/α-hetero) is 1. The zero-order valence-electron chi connectivity index (χ0n) is 13.2. The molecule has 0 aromatic heterocycles. The minimum atomic E-state index is -4.39. The Morgan fingerprint density at radius 2 is 1.85 bits per heavy atom. The van der Waals surface area contributed by atoms with Crippen LogP contribution in [0.4, 0.5) is 8.78 Å². The second-order valence-corrected chi connectivity index (χ2v) is 8.55. The molecule has 0 radical (unpaired) electrons. The Kier molecular flexibility index (Phi) is 3.65. The Hall–Kier alpha value is -2.07. The normalized spacial score (nSPS) is 34.0. The van der Waals surface area contributed by atoms with Gasteiger partial charge >= 0.3 is 12.1 Å². The lowest BCUT2D eigenvalue weighted by Gasteiger charge is -2.23. The molecule has 5 unspecified atom stereocenters. The summed E-state index contributed by atoms with van der Waals surface area (Å²) in [7, 11) is -3.79. The van der Waals surface area contributed by atoms with E-state index in [4.69, 9.17) is 9.29 Å². The van der Waals surface area contributed by atoms with Crippen molar-refractivity contribution in [3.05, 3.63) is 29.8 Å². The van der Waals surface area contributed by atoms with E-state index in [1.165, 1.54) is 12.1 Å². The van der Waals surface area contributed by atoms with Gasteiger partial charge < -0.3 is 9.84 Å². The molecule has 3 aliphatic rings. The fraction of sp³-hybridized carbons (Fsp3) is 0.500. The molecule has 1 saturated heterocycles. The van der Waals surface area contributed by atoms with Gasteiger partial charge in [0.2, 0.25) is 0 Å². The molecule has 0 spiro atoms. The highest BCUT2D eigenvalue weighted by Gasteiger charge is 2.66. The molecule has 1 heterocycles. The van der Waals surface area contributed by atoms with Crippen molar-refractivity contribution >= 4 is 21.9 Å². The Bertz CT molecular complexity index is 878. The molecule has 7 nitrogen and oxygen atoms in total. The van der Waals surface area contributed by atoms with Crippen LogP contribution in [-0.4, -0.2) is 42.7 Å². The van der Waals surface area contributed by atoms with E-state index in [0.717, 1.165) is 12.1 Å². The van der Waals surface area contributed by atoms with Gasteiger partial charge in [-0.2, -0.15) is 17.2 Å². The maximum absolute atomic E-state index is 13.1. The number of ketones is 1. The number of fused-ring (bicyclic) bond motifs is 1. The summed E-state index contributed by atoms with van der Waals surface area (Å²) in [5.41, 5.74) is 0.159. The first-order chi connectivity index (χ1) is 12.1. The van der Waals surface area contributed by atoms with Crippen LogP contribution in [0.3, 0.4) is 0 Å². The summed E-state index contributed by atoms with van der Waals surface area (Å²) in [6.07, 6.45) is -3.59. The summed E-state index contributed by atoms with van der Waals surface area (Å²) in [6.45, 7) is 0. The molecule has 140 valence electrons. The molecule has 0 amide bonds. The van der Waals surface area contributed by atoms with Gasteiger partial charge in [0, 0.05) is 17.4 Å². The van der Waals surface area contributed by atoms with E-state index >= 15 is 0 Å². The summed E-state index contributed by atoms with van der Waals surface area (Å²) in [4.78, 5) is 23.2. The smallest absolute Gasteiger partial charge is 0.474 e. The van der Waals surface area contributed by atoms with Crippen LogP contribution in [-0.2, 0) is 19.1 Å². The Labute approximate surface area is 147 Å². The summed E-state index contributed by atoms with van der Waals surface area (Å²) in [6, 6.07) is 4.56. The van der Waals surface area contributed by atoms with Crippen LogP contribution in [0.1, 0.15) is 23.2 Å². The summed E-state index contributed by atoms with van der Waals surface area (Å²) in [5, 5.41) is 7.51. The van der Waals surface area contributed by atoms with E-state index in [1.807, 2.05) is 0 Å². The van der Waals surface area contributed by atoms with Crippen LogP contribution in [0.25, 0.3) is 0 Å². The molecule has 2 saturated carbocycles. The van der Waals surface area contributed by atoms with E-state index in [0.29, 0.717) is 12.8 Å². The van der Waals surface area contributed by atoms with Gasteiger partial charge in [0.05, 0.1) is 6.10 Å². The third-order valence-corrected chi connectivity index (χ3v) is 7.22. The molecule has 5 atom stereocenters. The number of hydrogen-bond acceptors (Lipinski definition) is 6. The van der Waals surface area contributed by atoms with Crippen molar-refractivity contribution in [1.82, 2.24) is 0 Å². The highest BCUT2D eigenvalue weighted by molar-refractivity contribution is 7.87. The van der Waals surface area contributed by atoms with E-state index in [2.05, 4.69) is 4.74 Å². The van der Waals surface area contributed by atoms with Crippen molar-refractivity contribution in [3.8, 4) is 5.75 Å². The highest BCUT2D eigenvalue weighted by atomic mass is 32.2. The van der Waals surface area contributed by atoms with Gasteiger partial charge in [0.1, 0.15) is 11.0 Å². The van der Waals surface area contributed by atoms with Crippen molar-refractivity contribution in [2.24, 2.45) is 17.8 Å². The number of carbonyl (C=O) groups is 2. The van der Waals surface area contributed by atoms with Gasteiger partial charge in [-0.3, -0.25) is 8.98 Å². The van der Waals surface area contributed by atoms with Crippen molar-refractivity contribution in [1.29, 1.82) is 0 Å². The number of carboxylic acids is 1. The fourth-order valence-electron chi connectivity index (χ4n) is 4.42.